The first-order valence-electron chi connectivity index (χ1n) is 7.65. The van der Waals surface area contributed by atoms with E-state index in [1.165, 1.54) is 0 Å². The lowest BCUT2D eigenvalue weighted by atomic mass is 10.2. The molecule has 0 spiro atoms. The first-order valence-corrected chi connectivity index (χ1v) is 7.65. The van der Waals surface area contributed by atoms with Gasteiger partial charge in [0.1, 0.15) is 11.3 Å². The number of benzene rings is 2. The number of aromatic nitrogens is 2. The highest BCUT2D eigenvalue weighted by Gasteiger charge is 2.12. The van der Waals surface area contributed by atoms with Crippen LogP contribution in [0.5, 0.6) is 5.75 Å². The lowest BCUT2D eigenvalue weighted by Gasteiger charge is -2.03. The number of carbonyl (C=O) groups is 1. The molecule has 0 fully saturated rings. The van der Waals surface area contributed by atoms with E-state index in [4.69, 9.17) is 10.5 Å². The molecule has 126 valence electrons. The quantitative estimate of drug-likeness (QED) is 0.474. The van der Waals surface area contributed by atoms with Crippen LogP contribution in [-0.4, -0.2) is 28.9 Å². The minimum atomic E-state index is -0.312. The number of guanidine groups is 1. The van der Waals surface area contributed by atoms with E-state index in [0.29, 0.717) is 11.5 Å². The van der Waals surface area contributed by atoms with Gasteiger partial charge in [-0.2, -0.15) is 0 Å². The number of fused-ring (bicyclic) bond motifs is 1. The van der Waals surface area contributed by atoms with Gasteiger partial charge in [-0.05, 0) is 37.3 Å². The average Bonchev–Trinajstić information content (AvgIpc) is 2.62. The van der Waals surface area contributed by atoms with Gasteiger partial charge in [0.2, 0.25) is 0 Å². The summed E-state index contributed by atoms with van der Waals surface area (Å²) in [5.74, 6) is 0.788. The second-order valence-electron chi connectivity index (χ2n) is 5.37. The molecule has 0 aliphatic carbocycles. The highest BCUT2D eigenvalue weighted by molar-refractivity contribution is 6.03. The number of amides is 1. The molecule has 0 atom stereocenters. The number of rotatable bonds is 3. The second-order valence-corrected chi connectivity index (χ2v) is 5.37. The smallest absolute Gasteiger partial charge is 0.354 e. The number of aryl methyl sites for hydroxylation is 1. The molecule has 3 rings (SSSR count). The summed E-state index contributed by atoms with van der Waals surface area (Å²) >= 11 is 0. The van der Waals surface area contributed by atoms with Crippen LogP contribution in [-0.2, 0) is 0 Å². The van der Waals surface area contributed by atoms with Gasteiger partial charge in [0.05, 0.1) is 12.8 Å². The third-order valence-corrected chi connectivity index (χ3v) is 3.62. The molecule has 0 aliphatic rings. The Morgan fingerprint density at radius 3 is 2.64 bits per heavy atom. The fraction of sp³-hybridized carbons (Fsp3) is 0.111. The molecule has 25 heavy (non-hydrogen) atoms. The van der Waals surface area contributed by atoms with Crippen molar-refractivity contribution in [1.29, 1.82) is 0 Å². The van der Waals surface area contributed by atoms with E-state index in [2.05, 4.69) is 20.3 Å². The van der Waals surface area contributed by atoms with Gasteiger partial charge in [-0.3, -0.25) is 4.79 Å². The first kappa shape index (κ1) is 16.4. The number of methoxy groups -OCH3 is 1. The Balaban J connectivity index is 1.86. The number of carbonyl (C=O) groups excluding carboxylic acids is 1. The summed E-state index contributed by atoms with van der Waals surface area (Å²) in [5.41, 5.74) is 7.89. The number of nitrogens with one attached hydrogen (secondary N) is 2. The SMILES string of the molecule is COc1ccc2nc([NH+]=C(N)NC(=O)c3ccccc3)nc(C)c2c1. The summed E-state index contributed by atoms with van der Waals surface area (Å²) in [4.78, 5) is 23.7. The Morgan fingerprint density at radius 2 is 1.92 bits per heavy atom. The maximum atomic E-state index is 12.1. The standard InChI is InChI=1S/C18H17N5O2/c1-11-14-10-13(25-2)8-9-15(14)21-18(20-11)23-17(19)22-16(24)12-6-4-3-5-7-12/h3-10H,1-2H3,(H3,19,20,21,22,23,24)/p+1. The van der Waals surface area contributed by atoms with E-state index >= 15 is 0 Å². The van der Waals surface area contributed by atoms with Gasteiger partial charge in [0, 0.05) is 10.9 Å². The molecule has 0 bridgehead atoms. The maximum absolute atomic E-state index is 12.1. The summed E-state index contributed by atoms with van der Waals surface area (Å²) in [5, 5.41) is 3.46. The summed E-state index contributed by atoms with van der Waals surface area (Å²) < 4.78 is 5.22. The molecular weight excluding hydrogens is 318 g/mol. The van der Waals surface area contributed by atoms with Gasteiger partial charge in [-0.25, -0.2) is 10.3 Å². The molecule has 1 heterocycles. The van der Waals surface area contributed by atoms with Crippen LogP contribution in [0.15, 0.2) is 48.5 Å². The Bertz CT molecular complexity index is 954. The van der Waals surface area contributed by atoms with Crippen molar-refractivity contribution < 1.29 is 14.5 Å². The molecule has 7 nitrogen and oxygen atoms in total. The van der Waals surface area contributed by atoms with Gasteiger partial charge < -0.3 is 10.5 Å². The highest BCUT2D eigenvalue weighted by Crippen LogP contribution is 2.21. The van der Waals surface area contributed by atoms with E-state index < -0.39 is 0 Å². The number of hydrogen-bond donors (Lipinski definition) is 3. The fourth-order valence-corrected chi connectivity index (χ4v) is 2.38. The Labute approximate surface area is 144 Å². The molecule has 2 aromatic carbocycles. The fourth-order valence-electron chi connectivity index (χ4n) is 2.38. The summed E-state index contributed by atoms with van der Waals surface area (Å²) in [7, 11) is 1.61. The Hall–Kier alpha value is -3.48. The van der Waals surface area contributed by atoms with Crippen molar-refractivity contribution in [2.24, 2.45) is 5.73 Å². The molecular formula is C18H18N5O2+. The lowest BCUT2D eigenvalue weighted by molar-refractivity contribution is -0.367. The van der Waals surface area contributed by atoms with Gasteiger partial charge >= 0.3 is 5.95 Å². The monoisotopic (exact) mass is 336 g/mol. The molecule has 0 saturated carbocycles. The Kier molecular flexibility index (Phi) is 4.56. The van der Waals surface area contributed by atoms with E-state index in [1.54, 1.807) is 31.4 Å². The molecule has 4 N–H and O–H groups in total. The van der Waals surface area contributed by atoms with Crippen molar-refractivity contribution >= 4 is 28.7 Å². The van der Waals surface area contributed by atoms with Crippen molar-refractivity contribution in [2.75, 3.05) is 7.11 Å². The van der Waals surface area contributed by atoms with Crippen molar-refractivity contribution in [3.63, 3.8) is 0 Å². The van der Waals surface area contributed by atoms with Crippen LogP contribution in [0, 0.1) is 6.92 Å². The van der Waals surface area contributed by atoms with Crippen LogP contribution in [0.4, 0.5) is 5.95 Å². The molecule has 0 saturated heterocycles. The van der Waals surface area contributed by atoms with E-state index in [9.17, 15) is 4.79 Å². The minimum absolute atomic E-state index is 0.0566. The summed E-state index contributed by atoms with van der Waals surface area (Å²) in [6, 6.07) is 14.3. The zero-order valence-corrected chi connectivity index (χ0v) is 13.9. The van der Waals surface area contributed by atoms with Crippen molar-refractivity contribution in [2.45, 2.75) is 6.92 Å². The van der Waals surface area contributed by atoms with Crippen LogP contribution >= 0.6 is 0 Å². The van der Waals surface area contributed by atoms with Gasteiger partial charge in [0.25, 0.3) is 11.9 Å². The van der Waals surface area contributed by atoms with Crippen molar-refractivity contribution in [3.05, 3.63) is 59.8 Å². The summed E-state index contributed by atoms with van der Waals surface area (Å²) in [6.07, 6.45) is 0. The topological polar surface area (TPSA) is 104 Å². The van der Waals surface area contributed by atoms with Crippen LogP contribution < -0.4 is 20.8 Å². The molecule has 0 unspecified atom stereocenters. The molecule has 7 heteroatoms. The lowest BCUT2D eigenvalue weighted by Crippen LogP contribution is -2.75. The van der Waals surface area contributed by atoms with E-state index in [1.807, 2.05) is 31.2 Å². The molecule has 3 aromatic rings. The number of nitrogens with zero attached hydrogens (tertiary/aromatic N) is 2. The minimum Gasteiger partial charge on any atom is -0.497 e. The van der Waals surface area contributed by atoms with Crippen LogP contribution in [0.2, 0.25) is 0 Å². The zero-order chi connectivity index (χ0) is 17.8. The van der Waals surface area contributed by atoms with Crippen LogP contribution in [0.25, 0.3) is 10.9 Å². The van der Waals surface area contributed by atoms with Gasteiger partial charge in [-0.1, -0.05) is 18.2 Å². The predicted molar refractivity (Wildman–Crippen MR) is 94.6 cm³/mol. The third kappa shape index (κ3) is 3.72. The molecule has 1 amide bonds. The van der Waals surface area contributed by atoms with Crippen molar-refractivity contribution in [1.82, 2.24) is 15.3 Å². The number of hydrogen-bond acceptors (Lipinski definition) is 4. The summed E-state index contributed by atoms with van der Waals surface area (Å²) in [6.45, 7) is 1.87. The van der Waals surface area contributed by atoms with Gasteiger partial charge in [-0.15, -0.1) is 9.97 Å². The first-order chi connectivity index (χ1) is 12.1. The van der Waals surface area contributed by atoms with Crippen LogP contribution in [0.1, 0.15) is 16.1 Å². The largest absolute Gasteiger partial charge is 0.497 e. The van der Waals surface area contributed by atoms with Gasteiger partial charge in [0.15, 0.2) is 0 Å². The average molecular weight is 336 g/mol. The normalized spacial score (nSPS) is 11.4. The molecule has 0 aliphatic heterocycles. The number of ether oxygens (including phenoxy) is 1. The second kappa shape index (κ2) is 6.96. The zero-order valence-electron chi connectivity index (χ0n) is 13.9. The van der Waals surface area contributed by atoms with Crippen molar-refractivity contribution in [3.8, 4) is 5.75 Å². The van der Waals surface area contributed by atoms with E-state index in [-0.39, 0.29) is 11.9 Å². The highest BCUT2D eigenvalue weighted by atomic mass is 16.5. The number of nitrogens with two attached hydrogens (primary N) is 1. The Morgan fingerprint density at radius 1 is 1.16 bits per heavy atom. The predicted octanol–water partition coefficient (Wildman–Crippen LogP) is 0.404. The molecule has 0 radical (unpaired) electrons. The third-order valence-electron chi connectivity index (χ3n) is 3.62. The van der Waals surface area contributed by atoms with E-state index in [0.717, 1.165) is 22.3 Å². The van der Waals surface area contributed by atoms with Crippen LogP contribution in [0.3, 0.4) is 0 Å². The molecule has 1 aromatic heterocycles. The maximum Gasteiger partial charge on any atom is 0.354 e.